The van der Waals surface area contributed by atoms with Crippen molar-refractivity contribution < 1.29 is 9.59 Å². The molecule has 2 unspecified atom stereocenters. The predicted octanol–water partition coefficient (Wildman–Crippen LogP) is 3.17. The topological polar surface area (TPSA) is 61.4 Å². The fraction of sp³-hybridized carbons (Fsp3) is 0.636. The number of rotatable bonds is 3. The van der Waals surface area contributed by atoms with Gasteiger partial charge in [0.1, 0.15) is 0 Å². The first kappa shape index (κ1) is 17.1. The van der Waals surface area contributed by atoms with Crippen LogP contribution in [0, 0.1) is 17.8 Å². The van der Waals surface area contributed by atoms with Gasteiger partial charge >= 0.3 is 6.03 Å². The lowest BCUT2D eigenvalue weighted by molar-refractivity contribution is 0.0708. The van der Waals surface area contributed by atoms with Crippen molar-refractivity contribution in [2.45, 2.75) is 56.5 Å². The Kier molecular flexibility index (Phi) is 4.14. The molecule has 2 N–H and O–H groups in total. The summed E-state index contributed by atoms with van der Waals surface area (Å²) < 4.78 is 0. The number of carbonyl (C=O) groups excluding carboxylic acids is 2. The summed E-state index contributed by atoms with van der Waals surface area (Å²) in [6, 6.07) is 9.62. The van der Waals surface area contributed by atoms with Crippen molar-refractivity contribution in [1.82, 2.24) is 15.5 Å². The molecule has 4 bridgehead atoms. The molecule has 0 radical (unpaired) electrons. The molecular weight excluding hydrogens is 338 g/mol. The van der Waals surface area contributed by atoms with Crippen LogP contribution in [0.5, 0.6) is 0 Å². The smallest absolute Gasteiger partial charge is 0.315 e. The van der Waals surface area contributed by atoms with E-state index in [9.17, 15) is 9.59 Å². The largest absolute Gasteiger partial charge is 0.338 e. The van der Waals surface area contributed by atoms with Crippen LogP contribution in [-0.4, -0.2) is 41.5 Å². The number of urea groups is 1. The van der Waals surface area contributed by atoms with E-state index in [1.807, 2.05) is 35.2 Å². The predicted molar refractivity (Wildman–Crippen MR) is 103 cm³/mol. The molecule has 144 valence electrons. The van der Waals surface area contributed by atoms with Gasteiger partial charge in [-0.05, 0) is 74.8 Å². The van der Waals surface area contributed by atoms with E-state index < -0.39 is 0 Å². The first-order valence-corrected chi connectivity index (χ1v) is 10.5. The lowest BCUT2D eigenvalue weighted by atomic mass is 9.80. The van der Waals surface area contributed by atoms with E-state index in [0.717, 1.165) is 30.2 Å². The molecule has 27 heavy (non-hydrogen) atoms. The van der Waals surface area contributed by atoms with E-state index in [-0.39, 0.29) is 23.5 Å². The van der Waals surface area contributed by atoms with E-state index in [1.54, 1.807) is 0 Å². The highest BCUT2D eigenvalue weighted by Gasteiger charge is 2.58. The fourth-order valence-electron chi connectivity index (χ4n) is 6.44. The average Bonchev–Trinajstić information content (AvgIpc) is 3.05. The minimum Gasteiger partial charge on any atom is -0.338 e. The van der Waals surface area contributed by atoms with Gasteiger partial charge in [0.25, 0.3) is 5.91 Å². The summed E-state index contributed by atoms with van der Waals surface area (Å²) in [6.45, 7) is 1.41. The standard InChI is InChI=1S/C22H29N3O2/c26-20(17-4-2-1-3-5-17)25-8-6-19(7-9-25)23-21(27)24-22-13-15-10-16(14-22)12-18(22)11-15/h1-5,15-16,18-19H,6-14H2,(H2,23,24,27). The van der Waals surface area contributed by atoms with Crippen LogP contribution >= 0.6 is 0 Å². The second-order valence-electron chi connectivity index (χ2n) is 9.23. The molecule has 0 aromatic heterocycles. The van der Waals surface area contributed by atoms with Gasteiger partial charge in [-0.15, -0.1) is 0 Å². The molecule has 1 aromatic rings. The van der Waals surface area contributed by atoms with Gasteiger partial charge in [0.2, 0.25) is 0 Å². The van der Waals surface area contributed by atoms with Crippen molar-refractivity contribution in [3.05, 3.63) is 35.9 Å². The Labute approximate surface area is 160 Å². The number of carbonyl (C=O) groups is 2. The maximum absolute atomic E-state index is 12.7. The van der Waals surface area contributed by atoms with Crippen LogP contribution in [0.3, 0.4) is 0 Å². The molecule has 4 aliphatic carbocycles. The first-order chi connectivity index (χ1) is 13.1. The average molecular weight is 367 g/mol. The molecule has 1 aromatic carbocycles. The number of likely N-dealkylation sites (tertiary alicyclic amines) is 1. The highest BCUT2D eigenvalue weighted by atomic mass is 16.2. The quantitative estimate of drug-likeness (QED) is 0.862. The van der Waals surface area contributed by atoms with Crippen LogP contribution in [-0.2, 0) is 0 Å². The van der Waals surface area contributed by atoms with Crippen LogP contribution in [0.25, 0.3) is 0 Å². The zero-order valence-electron chi connectivity index (χ0n) is 15.8. The molecule has 1 saturated heterocycles. The van der Waals surface area contributed by atoms with E-state index >= 15 is 0 Å². The summed E-state index contributed by atoms with van der Waals surface area (Å²) in [4.78, 5) is 27.1. The number of hydrogen-bond donors (Lipinski definition) is 2. The second-order valence-corrected chi connectivity index (χ2v) is 9.23. The Morgan fingerprint density at radius 1 is 0.963 bits per heavy atom. The minimum atomic E-state index is 0.0102. The second kappa shape index (κ2) is 6.54. The van der Waals surface area contributed by atoms with Crippen LogP contribution < -0.4 is 10.6 Å². The lowest BCUT2D eigenvalue weighted by Crippen LogP contribution is -2.56. The molecule has 4 saturated carbocycles. The van der Waals surface area contributed by atoms with Gasteiger partial charge in [-0.1, -0.05) is 18.2 Å². The van der Waals surface area contributed by atoms with Crippen molar-refractivity contribution in [2.75, 3.05) is 13.1 Å². The van der Waals surface area contributed by atoms with Gasteiger partial charge in [-0.2, -0.15) is 0 Å². The van der Waals surface area contributed by atoms with Crippen molar-refractivity contribution in [1.29, 1.82) is 0 Å². The Morgan fingerprint density at radius 2 is 1.63 bits per heavy atom. The number of amides is 3. The summed E-state index contributed by atoms with van der Waals surface area (Å²) in [5, 5.41) is 6.59. The summed E-state index contributed by atoms with van der Waals surface area (Å²) in [6.07, 6.45) is 8.04. The first-order valence-electron chi connectivity index (χ1n) is 10.5. The van der Waals surface area contributed by atoms with Crippen LogP contribution in [0.2, 0.25) is 0 Å². The zero-order valence-corrected chi connectivity index (χ0v) is 15.8. The van der Waals surface area contributed by atoms with E-state index in [4.69, 9.17) is 0 Å². The third-order valence-electron chi connectivity index (χ3n) is 7.49. The summed E-state index contributed by atoms with van der Waals surface area (Å²) in [5.74, 6) is 2.48. The third kappa shape index (κ3) is 3.11. The molecule has 5 nitrogen and oxygen atoms in total. The molecule has 5 heteroatoms. The molecule has 3 amide bonds. The maximum Gasteiger partial charge on any atom is 0.315 e. The van der Waals surface area contributed by atoms with Crippen LogP contribution in [0.1, 0.15) is 55.3 Å². The highest BCUT2D eigenvalue weighted by Crippen LogP contribution is 2.60. The van der Waals surface area contributed by atoms with Crippen molar-refractivity contribution in [2.24, 2.45) is 17.8 Å². The molecule has 0 spiro atoms. The molecule has 5 fully saturated rings. The van der Waals surface area contributed by atoms with E-state index in [0.29, 0.717) is 19.0 Å². The molecule has 6 rings (SSSR count). The molecule has 1 heterocycles. The number of piperidine rings is 1. The van der Waals surface area contributed by atoms with E-state index in [2.05, 4.69) is 10.6 Å². The number of hydrogen-bond acceptors (Lipinski definition) is 2. The van der Waals surface area contributed by atoms with Crippen molar-refractivity contribution in [3.8, 4) is 0 Å². The lowest BCUT2D eigenvalue weighted by Gasteiger charge is -2.36. The summed E-state index contributed by atoms with van der Waals surface area (Å²) in [7, 11) is 0. The zero-order chi connectivity index (χ0) is 18.4. The van der Waals surface area contributed by atoms with Gasteiger partial charge < -0.3 is 15.5 Å². The van der Waals surface area contributed by atoms with Gasteiger partial charge in [-0.3, -0.25) is 4.79 Å². The van der Waals surface area contributed by atoms with Crippen molar-refractivity contribution in [3.63, 3.8) is 0 Å². The summed E-state index contributed by atoms with van der Waals surface area (Å²) >= 11 is 0. The Hall–Kier alpha value is -2.04. The Bertz CT molecular complexity index is 712. The van der Waals surface area contributed by atoms with Crippen LogP contribution in [0.4, 0.5) is 4.79 Å². The van der Waals surface area contributed by atoms with Gasteiger partial charge in [0.05, 0.1) is 0 Å². The number of nitrogens with zero attached hydrogens (tertiary/aromatic N) is 1. The maximum atomic E-state index is 12.7. The Balaban J connectivity index is 1.12. The third-order valence-corrected chi connectivity index (χ3v) is 7.49. The highest BCUT2D eigenvalue weighted by molar-refractivity contribution is 5.94. The van der Waals surface area contributed by atoms with Gasteiger partial charge in [-0.25, -0.2) is 4.79 Å². The minimum absolute atomic E-state index is 0.0102. The molecule has 5 aliphatic rings. The monoisotopic (exact) mass is 367 g/mol. The van der Waals surface area contributed by atoms with E-state index in [1.165, 1.54) is 32.1 Å². The van der Waals surface area contributed by atoms with Gasteiger partial charge in [0.15, 0.2) is 0 Å². The SMILES string of the molecule is O=C(NC1CCN(C(=O)c2ccccc2)CC1)NC12CC3CC(CC1C3)C2. The van der Waals surface area contributed by atoms with Crippen LogP contribution in [0.15, 0.2) is 30.3 Å². The van der Waals surface area contributed by atoms with Crippen molar-refractivity contribution >= 4 is 11.9 Å². The molecular formula is C22H29N3O2. The number of nitrogens with one attached hydrogen (secondary N) is 2. The molecule has 1 aliphatic heterocycles. The normalized spacial score (nSPS) is 34.7. The van der Waals surface area contributed by atoms with Gasteiger partial charge in [0, 0.05) is 30.2 Å². The summed E-state index contributed by atoms with van der Waals surface area (Å²) in [5.41, 5.74) is 0.828. The Morgan fingerprint density at radius 3 is 2.30 bits per heavy atom. The fourth-order valence-corrected chi connectivity index (χ4v) is 6.44. The number of benzene rings is 1. The molecule has 2 atom stereocenters.